The summed E-state index contributed by atoms with van der Waals surface area (Å²) in [5.41, 5.74) is 0. The molecule has 0 radical (unpaired) electrons. The quantitative estimate of drug-likeness (QED) is 0.0502. The van der Waals surface area contributed by atoms with Gasteiger partial charge in [0.2, 0.25) is 0 Å². The summed E-state index contributed by atoms with van der Waals surface area (Å²) in [6.07, 6.45) is 56.0. The van der Waals surface area contributed by atoms with Gasteiger partial charge in [0.15, 0.2) is 0 Å². The van der Waals surface area contributed by atoms with Crippen LogP contribution in [0, 0.1) is 0 Å². The molecule has 0 saturated heterocycles. The normalized spacial score (nSPS) is 11.4. The van der Waals surface area contributed by atoms with Gasteiger partial charge in [0, 0.05) is 12.8 Å². The van der Waals surface area contributed by atoms with Gasteiger partial charge < -0.3 is 9.84 Å². The smallest absolute Gasteiger partial charge is 0.305 e. The summed E-state index contributed by atoms with van der Waals surface area (Å²) >= 11 is 0. The van der Waals surface area contributed by atoms with Crippen LogP contribution in [0.5, 0.6) is 0 Å². The van der Waals surface area contributed by atoms with Gasteiger partial charge in [0.1, 0.15) is 0 Å². The summed E-state index contributed by atoms with van der Waals surface area (Å²) in [7, 11) is 0. The van der Waals surface area contributed by atoms with Crippen LogP contribution < -0.4 is 0 Å². The van der Waals surface area contributed by atoms with E-state index in [9.17, 15) is 9.59 Å². The first-order chi connectivity index (χ1) is 25.2. The number of carbonyl (C=O) groups excluding carboxylic acids is 1. The van der Waals surface area contributed by atoms with E-state index >= 15 is 0 Å². The molecule has 0 atom stereocenters. The molecule has 0 aromatic carbocycles. The number of ether oxygens (including phenoxy) is 1. The molecule has 4 nitrogen and oxygen atoms in total. The third kappa shape index (κ3) is 46.9. The number of rotatable bonds is 45. The summed E-state index contributed by atoms with van der Waals surface area (Å²) in [6, 6.07) is 0. The number of unbranched alkanes of at least 4 members (excludes halogenated alkanes) is 39. The molecule has 304 valence electrons. The highest BCUT2D eigenvalue weighted by atomic mass is 16.5. The Morgan fingerprint density at radius 3 is 0.784 bits per heavy atom. The lowest BCUT2D eigenvalue weighted by atomic mass is 10.0. The molecule has 1 N–H and O–H groups in total. The molecule has 0 saturated carbocycles. The molecular weight excluding hydrogens is 629 g/mol. The molecule has 0 spiro atoms. The molecule has 0 aliphatic rings. The minimum atomic E-state index is -0.652. The van der Waals surface area contributed by atoms with Gasteiger partial charge in [-0.15, -0.1) is 0 Å². The Bertz CT molecular complexity index is 677. The highest BCUT2D eigenvalue weighted by molar-refractivity contribution is 5.69. The van der Waals surface area contributed by atoms with Crippen LogP contribution >= 0.6 is 0 Å². The van der Waals surface area contributed by atoms with Gasteiger partial charge in [-0.1, -0.05) is 251 Å². The number of hydrogen-bond donors (Lipinski definition) is 1. The molecule has 0 rings (SSSR count). The standard InChI is InChI=1S/C47H92O4/c1-2-3-4-5-6-7-28-32-35-38-41-44-47(50)51-45-42-39-36-33-30-27-25-23-21-19-17-15-13-11-9-8-10-12-14-16-18-20-22-24-26-29-31-34-37-40-43-46(48)49/h2-45H2,1H3,(H,48,49). The third-order valence-electron chi connectivity index (χ3n) is 11.0. The number of carboxylic acid groups (broad SMARTS) is 1. The van der Waals surface area contributed by atoms with Gasteiger partial charge in [-0.3, -0.25) is 9.59 Å². The minimum absolute atomic E-state index is 0.0220. The topological polar surface area (TPSA) is 63.6 Å². The second kappa shape index (κ2) is 45.1. The number of hydrogen-bond acceptors (Lipinski definition) is 3. The van der Waals surface area contributed by atoms with Gasteiger partial charge >= 0.3 is 11.9 Å². The average molecular weight is 721 g/mol. The first kappa shape index (κ1) is 49.9. The fourth-order valence-electron chi connectivity index (χ4n) is 7.52. The van der Waals surface area contributed by atoms with Crippen LogP contribution in [0.1, 0.15) is 283 Å². The Hall–Kier alpha value is -1.06. The van der Waals surface area contributed by atoms with Crippen LogP contribution in [0.2, 0.25) is 0 Å². The maximum absolute atomic E-state index is 11.9. The van der Waals surface area contributed by atoms with Crippen LogP contribution in [-0.2, 0) is 14.3 Å². The van der Waals surface area contributed by atoms with Crippen LogP contribution in [-0.4, -0.2) is 23.7 Å². The molecule has 51 heavy (non-hydrogen) atoms. The van der Waals surface area contributed by atoms with Crippen LogP contribution in [0.15, 0.2) is 0 Å². The van der Waals surface area contributed by atoms with Crippen LogP contribution in [0.3, 0.4) is 0 Å². The minimum Gasteiger partial charge on any atom is -0.481 e. The maximum atomic E-state index is 11.9. The van der Waals surface area contributed by atoms with Crippen molar-refractivity contribution in [1.29, 1.82) is 0 Å². The van der Waals surface area contributed by atoms with Gasteiger partial charge in [0.05, 0.1) is 6.61 Å². The van der Waals surface area contributed by atoms with Crippen molar-refractivity contribution in [2.75, 3.05) is 6.61 Å². The van der Waals surface area contributed by atoms with E-state index in [1.54, 1.807) is 0 Å². The van der Waals surface area contributed by atoms with E-state index in [2.05, 4.69) is 6.92 Å². The molecule has 0 bridgehead atoms. The van der Waals surface area contributed by atoms with Gasteiger partial charge in [-0.05, 0) is 19.3 Å². The van der Waals surface area contributed by atoms with Gasteiger partial charge in [-0.25, -0.2) is 0 Å². The van der Waals surface area contributed by atoms with Crippen molar-refractivity contribution in [3.63, 3.8) is 0 Å². The number of carboxylic acids is 1. The number of carbonyl (C=O) groups is 2. The molecule has 0 aliphatic carbocycles. The fourth-order valence-corrected chi connectivity index (χ4v) is 7.52. The maximum Gasteiger partial charge on any atom is 0.305 e. The monoisotopic (exact) mass is 721 g/mol. The Kier molecular flexibility index (Phi) is 44.2. The lowest BCUT2D eigenvalue weighted by molar-refractivity contribution is -0.144. The molecule has 0 aliphatic heterocycles. The molecule has 4 heteroatoms. The zero-order valence-electron chi connectivity index (χ0n) is 34.8. The van der Waals surface area contributed by atoms with Crippen molar-refractivity contribution in [3.8, 4) is 0 Å². The first-order valence-corrected chi connectivity index (χ1v) is 23.5. The summed E-state index contributed by atoms with van der Waals surface area (Å²) in [4.78, 5) is 22.5. The van der Waals surface area contributed by atoms with E-state index in [4.69, 9.17) is 9.84 Å². The highest BCUT2D eigenvalue weighted by Gasteiger charge is 2.03. The molecular formula is C47H92O4. The average Bonchev–Trinajstić information content (AvgIpc) is 3.12. The van der Waals surface area contributed by atoms with E-state index in [0.29, 0.717) is 19.4 Å². The Morgan fingerprint density at radius 1 is 0.314 bits per heavy atom. The predicted octanol–water partition coefficient (Wildman–Crippen LogP) is 16.4. The van der Waals surface area contributed by atoms with Crippen LogP contribution in [0.25, 0.3) is 0 Å². The Balaban J connectivity index is 3.12. The second-order valence-electron chi connectivity index (χ2n) is 16.3. The van der Waals surface area contributed by atoms with Crippen LogP contribution in [0.4, 0.5) is 0 Å². The van der Waals surface area contributed by atoms with E-state index in [0.717, 1.165) is 25.7 Å². The zero-order chi connectivity index (χ0) is 37.0. The summed E-state index contributed by atoms with van der Waals surface area (Å²) in [6.45, 7) is 2.90. The number of aliphatic carboxylic acids is 1. The zero-order valence-corrected chi connectivity index (χ0v) is 34.8. The summed E-state index contributed by atoms with van der Waals surface area (Å²) in [5.74, 6) is -0.630. The van der Waals surface area contributed by atoms with E-state index in [-0.39, 0.29) is 5.97 Å². The van der Waals surface area contributed by atoms with Gasteiger partial charge in [0.25, 0.3) is 0 Å². The molecule has 0 unspecified atom stereocenters. The lowest BCUT2D eigenvalue weighted by Crippen LogP contribution is -2.05. The molecule has 0 amide bonds. The van der Waals surface area contributed by atoms with Gasteiger partial charge in [-0.2, -0.15) is 0 Å². The van der Waals surface area contributed by atoms with Crippen molar-refractivity contribution in [2.24, 2.45) is 0 Å². The Labute approximate surface area is 320 Å². The molecule has 0 fully saturated rings. The van der Waals surface area contributed by atoms with Crippen molar-refractivity contribution in [1.82, 2.24) is 0 Å². The lowest BCUT2D eigenvalue weighted by Gasteiger charge is -2.06. The third-order valence-corrected chi connectivity index (χ3v) is 11.0. The first-order valence-electron chi connectivity index (χ1n) is 23.5. The second-order valence-corrected chi connectivity index (χ2v) is 16.3. The SMILES string of the molecule is CCCCCCCCCCCCCC(=O)OCCCCCCCCCCCCCCCCCCCCCCCCCCCCCCCCC(=O)O. The molecule has 0 aromatic heterocycles. The largest absolute Gasteiger partial charge is 0.481 e. The summed E-state index contributed by atoms with van der Waals surface area (Å²) in [5, 5.41) is 8.66. The van der Waals surface area contributed by atoms with Crippen molar-refractivity contribution < 1.29 is 19.4 Å². The van der Waals surface area contributed by atoms with Crippen molar-refractivity contribution >= 4 is 11.9 Å². The van der Waals surface area contributed by atoms with E-state index in [1.807, 2.05) is 0 Å². The summed E-state index contributed by atoms with van der Waals surface area (Å²) < 4.78 is 5.45. The van der Waals surface area contributed by atoms with Crippen molar-refractivity contribution in [3.05, 3.63) is 0 Å². The Morgan fingerprint density at radius 2 is 0.529 bits per heavy atom. The predicted molar refractivity (Wildman–Crippen MR) is 223 cm³/mol. The molecule has 0 aromatic rings. The highest BCUT2D eigenvalue weighted by Crippen LogP contribution is 2.17. The van der Waals surface area contributed by atoms with Crippen molar-refractivity contribution in [2.45, 2.75) is 283 Å². The molecule has 0 heterocycles. The van der Waals surface area contributed by atoms with E-state index < -0.39 is 5.97 Å². The van der Waals surface area contributed by atoms with E-state index in [1.165, 1.54) is 238 Å². The number of esters is 1. The fraction of sp³-hybridized carbons (Fsp3) is 0.957.